The van der Waals surface area contributed by atoms with Crippen molar-refractivity contribution in [1.82, 2.24) is 0 Å². The monoisotopic (exact) mass is 330 g/mol. The SMILES string of the molecule is CC(C)(C)OC(=O)Nc1cc(C(F)(F)F)ccc1C1(CN)CC1. The number of hydrogen-bond donors (Lipinski definition) is 2. The summed E-state index contributed by atoms with van der Waals surface area (Å²) >= 11 is 0. The standard InChI is InChI=1S/C16H21F3N2O2/c1-14(2,3)23-13(22)21-12-8-10(16(17,18)19)4-5-11(12)15(9-20)6-7-15/h4-5,8H,6-7,9,20H2,1-3H3,(H,21,22). The Morgan fingerprint density at radius 1 is 1.30 bits per heavy atom. The largest absolute Gasteiger partial charge is 0.444 e. The van der Waals surface area contributed by atoms with Gasteiger partial charge in [0.25, 0.3) is 0 Å². The van der Waals surface area contributed by atoms with E-state index in [1.54, 1.807) is 20.8 Å². The van der Waals surface area contributed by atoms with Crippen molar-refractivity contribution >= 4 is 11.8 Å². The average molecular weight is 330 g/mol. The fraction of sp³-hybridized carbons (Fsp3) is 0.562. The van der Waals surface area contributed by atoms with Crippen molar-refractivity contribution in [1.29, 1.82) is 0 Å². The van der Waals surface area contributed by atoms with E-state index in [0.717, 1.165) is 25.0 Å². The third-order valence-electron chi connectivity index (χ3n) is 3.80. The zero-order valence-corrected chi connectivity index (χ0v) is 13.4. The number of rotatable bonds is 3. The van der Waals surface area contributed by atoms with Crippen molar-refractivity contribution in [2.75, 3.05) is 11.9 Å². The predicted molar refractivity (Wildman–Crippen MR) is 81.3 cm³/mol. The van der Waals surface area contributed by atoms with Crippen LogP contribution in [0.1, 0.15) is 44.7 Å². The lowest BCUT2D eigenvalue weighted by molar-refractivity contribution is -0.137. The van der Waals surface area contributed by atoms with Crippen LogP contribution in [0.4, 0.5) is 23.7 Å². The molecule has 1 amide bonds. The zero-order valence-electron chi connectivity index (χ0n) is 13.4. The molecule has 4 nitrogen and oxygen atoms in total. The molecule has 0 aromatic heterocycles. The van der Waals surface area contributed by atoms with Gasteiger partial charge in [0.1, 0.15) is 5.60 Å². The Morgan fingerprint density at radius 2 is 1.91 bits per heavy atom. The number of amides is 1. The molecule has 128 valence electrons. The van der Waals surface area contributed by atoms with Crippen molar-refractivity contribution in [3.63, 3.8) is 0 Å². The highest BCUT2D eigenvalue weighted by Gasteiger charge is 2.45. The van der Waals surface area contributed by atoms with Crippen LogP contribution in [0.3, 0.4) is 0 Å². The molecule has 0 saturated heterocycles. The van der Waals surface area contributed by atoms with Gasteiger partial charge in [0.15, 0.2) is 0 Å². The van der Waals surface area contributed by atoms with Crippen molar-refractivity contribution in [2.45, 2.75) is 50.8 Å². The normalized spacial score (nSPS) is 16.8. The van der Waals surface area contributed by atoms with Crippen LogP contribution in [0.15, 0.2) is 18.2 Å². The van der Waals surface area contributed by atoms with Gasteiger partial charge in [-0.3, -0.25) is 5.32 Å². The van der Waals surface area contributed by atoms with E-state index in [1.165, 1.54) is 6.07 Å². The number of carbonyl (C=O) groups excluding carboxylic acids is 1. The number of anilines is 1. The molecule has 1 aliphatic carbocycles. The Kier molecular flexibility index (Phi) is 4.36. The number of alkyl halides is 3. The second-order valence-electron chi connectivity index (χ2n) is 6.87. The second kappa shape index (κ2) is 5.70. The molecule has 0 unspecified atom stereocenters. The molecule has 0 atom stereocenters. The fourth-order valence-corrected chi connectivity index (χ4v) is 2.43. The molecule has 1 aliphatic rings. The van der Waals surface area contributed by atoms with Crippen LogP contribution >= 0.6 is 0 Å². The summed E-state index contributed by atoms with van der Waals surface area (Å²) in [6, 6.07) is 3.36. The molecule has 1 aromatic carbocycles. The van der Waals surface area contributed by atoms with E-state index >= 15 is 0 Å². The molecule has 2 rings (SSSR count). The van der Waals surface area contributed by atoms with Crippen molar-refractivity contribution < 1.29 is 22.7 Å². The van der Waals surface area contributed by atoms with Gasteiger partial charge in [0, 0.05) is 17.6 Å². The van der Waals surface area contributed by atoms with E-state index in [9.17, 15) is 18.0 Å². The Bertz CT molecular complexity index is 602. The Labute approximate surface area is 133 Å². The van der Waals surface area contributed by atoms with Gasteiger partial charge in [-0.05, 0) is 51.3 Å². The highest BCUT2D eigenvalue weighted by molar-refractivity contribution is 5.86. The lowest BCUT2D eigenvalue weighted by Crippen LogP contribution is -2.29. The molecule has 0 spiro atoms. The Hall–Kier alpha value is -1.76. The summed E-state index contributed by atoms with van der Waals surface area (Å²) in [7, 11) is 0. The summed E-state index contributed by atoms with van der Waals surface area (Å²) in [4.78, 5) is 11.9. The molecular formula is C16H21F3N2O2. The number of nitrogens with two attached hydrogens (primary N) is 1. The molecule has 7 heteroatoms. The van der Waals surface area contributed by atoms with Crippen molar-refractivity contribution in [3.8, 4) is 0 Å². The van der Waals surface area contributed by atoms with E-state index in [1.807, 2.05) is 0 Å². The maximum atomic E-state index is 12.9. The number of ether oxygens (including phenoxy) is 1. The third-order valence-corrected chi connectivity index (χ3v) is 3.80. The fourth-order valence-electron chi connectivity index (χ4n) is 2.43. The summed E-state index contributed by atoms with van der Waals surface area (Å²) in [5.41, 5.74) is 4.58. The summed E-state index contributed by atoms with van der Waals surface area (Å²) < 4.78 is 43.9. The minimum Gasteiger partial charge on any atom is -0.444 e. The maximum absolute atomic E-state index is 12.9. The first-order valence-corrected chi connectivity index (χ1v) is 7.39. The van der Waals surface area contributed by atoms with E-state index in [2.05, 4.69) is 5.32 Å². The van der Waals surface area contributed by atoms with E-state index < -0.39 is 23.4 Å². The number of nitrogens with one attached hydrogen (secondary N) is 1. The van der Waals surface area contributed by atoms with Gasteiger partial charge in [-0.15, -0.1) is 0 Å². The van der Waals surface area contributed by atoms with Crippen LogP contribution in [-0.4, -0.2) is 18.2 Å². The number of carbonyl (C=O) groups is 1. The molecule has 0 bridgehead atoms. The van der Waals surface area contributed by atoms with Gasteiger partial charge in [0.2, 0.25) is 0 Å². The number of hydrogen-bond acceptors (Lipinski definition) is 3. The van der Waals surface area contributed by atoms with Crippen LogP contribution in [-0.2, 0) is 16.3 Å². The van der Waals surface area contributed by atoms with E-state index in [0.29, 0.717) is 12.1 Å². The van der Waals surface area contributed by atoms with Gasteiger partial charge in [-0.2, -0.15) is 13.2 Å². The highest BCUT2D eigenvalue weighted by atomic mass is 19.4. The van der Waals surface area contributed by atoms with Gasteiger partial charge >= 0.3 is 12.3 Å². The van der Waals surface area contributed by atoms with Crippen molar-refractivity contribution in [2.24, 2.45) is 5.73 Å². The van der Waals surface area contributed by atoms with E-state index in [-0.39, 0.29) is 11.1 Å². The van der Waals surface area contributed by atoms with Gasteiger partial charge in [-0.1, -0.05) is 6.07 Å². The molecule has 0 heterocycles. The molecule has 23 heavy (non-hydrogen) atoms. The van der Waals surface area contributed by atoms with Crippen LogP contribution in [0.5, 0.6) is 0 Å². The van der Waals surface area contributed by atoms with Gasteiger partial charge < -0.3 is 10.5 Å². The van der Waals surface area contributed by atoms with Crippen LogP contribution in [0, 0.1) is 0 Å². The first kappa shape index (κ1) is 17.6. The maximum Gasteiger partial charge on any atom is 0.416 e. The molecule has 0 radical (unpaired) electrons. The topological polar surface area (TPSA) is 64.3 Å². The minimum absolute atomic E-state index is 0.108. The smallest absolute Gasteiger partial charge is 0.416 e. The first-order valence-electron chi connectivity index (χ1n) is 7.39. The van der Waals surface area contributed by atoms with Gasteiger partial charge in [0.05, 0.1) is 5.56 Å². The van der Waals surface area contributed by atoms with Crippen molar-refractivity contribution in [3.05, 3.63) is 29.3 Å². The number of benzene rings is 1. The lowest BCUT2D eigenvalue weighted by atomic mass is 9.93. The molecule has 3 N–H and O–H groups in total. The third kappa shape index (κ3) is 4.16. The molecule has 1 aromatic rings. The predicted octanol–water partition coefficient (Wildman–Crippen LogP) is 4.04. The van der Waals surface area contributed by atoms with Crippen LogP contribution < -0.4 is 11.1 Å². The number of halogens is 3. The Morgan fingerprint density at radius 3 is 2.35 bits per heavy atom. The first-order chi connectivity index (χ1) is 10.5. The van der Waals surface area contributed by atoms with E-state index in [4.69, 9.17) is 10.5 Å². The average Bonchev–Trinajstić information content (AvgIpc) is 3.16. The minimum atomic E-state index is -4.48. The van der Waals surface area contributed by atoms with Gasteiger partial charge in [-0.25, -0.2) is 4.79 Å². The second-order valence-corrected chi connectivity index (χ2v) is 6.87. The summed E-state index contributed by atoms with van der Waals surface area (Å²) in [6.45, 7) is 5.37. The highest BCUT2D eigenvalue weighted by Crippen LogP contribution is 2.50. The summed E-state index contributed by atoms with van der Waals surface area (Å²) in [6.07, 6.45) is -3.69. The van der Waals surface area contributed by atoms with Crippen LogP contribution in [0.25, 0.3) is 0 Å². The quantitative estimate of drug-likeness (QED) is 0.879. The summed E-state index contributed by atoms with van der Waals surface area (Å²) in [5, 5.41) is 2.44. The molecule has 1 fully saturated rings. The molecule has 0 aliphatic heterocycles. The van der Waals surface area contributed by atoms with Crippen LogP contribution in [0.2, 0.25) is 0 Å². The lowest BCUT2D eigenvalue weighted by Gasteiger charge is -2.23. The molecular weight excluding hydrogens is 309 g/mol. The Balaban J connectivity index is 2.35. The molecule has 1 saturated carbocycles. The zero-order chi connectivity index (χ0) is 17.5. The summed E-state index contributed by atoms with van der Waals surface area (Å²) in [5.74, 6) is 0.